The van der Waals surface area contributed by atoms with Gasteiger partial charge >= 0.3 is 29.6 Å². The van der Waals surface area contributed by atoms with E-state index < -0.39 is 32.2 Å². The third-order valence-corrected chi connectivity index (χ3v) is 8.26. The van der Waals surface area contributed by atoms with Gasteiger partial charge in [0.25, 0.3) is 5.56 Å². The zero-order valence-corrected chi connectivity index (χ0v) is 29.4. The van der Waals surface area contributed by atoms with E-state index in [2.05, 4.69) is 21.9 Å². The van der Waals surface area contributed by atoms with Crippen molar-refractivity contribution in [2.45, 2.75) is 122 Å². The number of hydrogen-bond donors (Lipinski definition) is 3. The van der Waals surface area contributed by atoms with Gasteiger partial charge in [-0.1, -0.05) is 103 Å². The van der Waals surface area contributed by atoms with Crippen molar-refractivity contribution in [3.63, 3.8) is 0 Å². The predicted octanol–water partition coefficient (Wildman–Crippen LogP) is 1.89. The molecule has 0 saturated carbocycles. The fourth-order valence-corrected chi connectivity index (χ4v) is 5.63. The zero-order chi connectivity index (χ0) is 30.5. The van der Waals surface area contributed by atoms with Crippen molar-refractivity contribution < 1.29 is 58.1 Å². The van der Waals surface area contributed by atoms with Crippen LogP contribution in [0.2, 0.25) is 0 Å². The molecule has 2 heterocycles. The topological polar surface area (TPSA) is 178 Å². The standard InChI is InChI=1S/C29H54N5O7P.Na/c1-2-3-4-5-6-7-8-9-10-11-12-13-14-15-16-17-18-39-19-20-41-42(37,38)24-40-25(22-35)21-34-23-31-26-27(34)32-29(30)33-28(26)36;/h23,25,35H,2-22,24H2,1H3,(H,37,38)(H3,30,32,33,36);/q;+1/p-1/t25-;/m0./s1. The number of nitrogens with zero attached hydrogens (tertiary/aromatic N) is 3. The number of nitrogen functional groups attached to an aromatic ring is 1. The number of aromatic amines is 1. The molecule has 0 aliphatic heterocycles. The molecule has 2 aromatic rings. The van der Waals surface area contributed by atoms with Gasteiger partial charge in [0.2, 0.25) is 5.95 Å². The second-order valence-corrected chi connectivity index (χ2v) is 12.7. The van der Waals surface area contributed by atoms with Crippen LogP contribution in [0.15, 0.2) is 11.1 Å². The Labute approximate surface area is 278 Å². The first-order valence-corrected chi connectivity index (χ1v) is 17.5. The van der Waals surface area contributed by atoms with Crippen molar-refractivity contribution in [2.24, 2.45) is 0 Å². The van der Waals surface area contributed by atoms with Crippen LogP contribution in [-0.2, 0) is 25.1 Å². The molecule has 1 unspecified atom stereocenters. The summed E-state index contributed by atoms with van der Waals surface area (Å²) in [5.74, 6) is -0.0785. The number of fused-ring (bicyclic) bond motifs is 1. The largest absolute Gasteiger partial charge is 1.00 e. The minimum atomic E-state index is -4.29. The van der Waals surface area contributed by atoms with Gasteiger partial charge in [0.15, 0.2) is 18.8 Å². The first-order valence-electron chi connectivity index (χ1n) is 15.8. The number of H-pyrrole nitrogens is 1. The van der Waals surface area contributed by atoms with Crippen molar-refractivity contribution in [1.82, 2.24) is 19.5 Å². The first-order chi connectivity index (χ1) is 20.4. The van der Waals surface area contributed by atoms with Crippen LogP contribution < -0.4 is 45.7 Å². The van der Waals surface area contributed by atoms with E-state index >= 15 is 0 Å². The van der Waals surface area contributed by atoms with Gasteiger partial charge in [-0.05, 0) is 6.42 Å². The molecule has 0 aliphatic rings. The number of aliphatic hydroxyl groups is 1. The van der Waals surface area contributed by atoms with Crippen LogP contribution in [0.3, 0.4) is 0 Å². The quantitative estimate of drug-likeness (QED) is 0.0745. The summed E-state index contributed by atoms with van der Waals surface area (Å²) < 4.78 is 29.5. The molecule has 0 radical (unpaired) electrons. The number of anilines is 1. The van der Waals surface area contributed by atoms with Crippen LogP contribution in [0.4, 0.5) is 5.95 Å². The second-order valence-electron chi connectivity index (χ2n) is 11.0. The van der Waals surface area contributed by atoms with Crippen LogP contribution in [0.5, 0.6) is 0 Å². The Morgan fingerprint density at radius 2 is 1.51 bits per heavy atom. The molecule has 4 N–H and O–H groups in total. The summed E-state index contributed by atoms with van der Waals surface area (Å²) in [4.78, 5) is 34.5. The van der Waals surface area contributed by atoms with E-state index in [1.165, 1.54) is 101 Å². The molecule has 2 rings (SSSR count). The van der Waals surface area contributed by atoms with Gasteiger partial charge in [-0.15, -0.1) is 0 Å². The van der Waals surface area contributed by atoms with E-state index in [4.69, 9.17) is 19.7 Å². The molecule has 242 valence electrons. The fraction of sp³-hybridized carbons (Fsp3) is 0.828. The minimum Gasteiger partial charge on any atom is -0.777 e. The summed E-state index contributed by atoms with van der Waals surface area (Å²) in [6, 6.07) is 0. The monoisotopic (exact) mass is 637 g/mol. The van der Waals surface area contributed by atoms with Crippen LogP contribution in [0.25, 0.3) is 11.2 Å². The molecule has 43 heavy (non-hydrogen) atoms. The molecule has 12 nitrogen and oxygen atoms in total. The van der Waals surface area contributed by atoms with E-state index in [0.29, 0.717) is 6.61 Å². The van der Waals surface area contributed by atoms with E-state index in [1.54, 1.807) is 0 Å². The summed E-state index contributed by atoms with van der Waals surface area (Å²) in [5, 5.41) is 9.63. The van der Waals surface area contributed by atoms with Gasteiger partial charge in [-0.25, -0.2) is 4.98 Å². The van der Waals surface area contributed by atoms with Crippen molar-refractivity contribution >= 4 is 24.7 Å². The molecule has 2 aromatic heterocycles. The maximum absolute atomic E-state index is 12.2. The van der Waals surface area contributed by atoms with Gasteiger partial charge in [0, 0.05) is 6.61 Å². The molecular weight excluding hydrogens is 584 g/mol. The minimum absolute atomic E-state index is 0. The number of nitrogens with one attached hydrogen (secondary N) is 1. The number of imidazole rings is 1. The summed E-state index contributed by atoms with van der Waals surface area (Å²) >= 11 is 0. The number of ether oxygens (including phenoxy) is 2. The summed E-state index contributed by atoms with van der Waals surface area (Å²) in [6.45, 7) is 2.49. The molecule has 14 heteroatoms. The van der Waals surface area contributed by atoms with Crippen LogP contribution in [0, 0.1) is 0 Å². The SMILES string of the molecule is CCCCCCCCCCCCCCCCCCOCCOP(=O)([O-])CO[C@H](CO)Cn1cnc2c(=O)[nH]c(N)nc21.[Na+]. The molecule has 0 aromatic carbocycles. The normalized spacial score (nSPS) is 13.7. The summed E-state index contributed by atoms with van der Waals surface area (Å²) in [5.41, 5.74) is 5.38. The van der Waals surface area contributed by atoms with E-state index in [0.717, 1.165) is 12.8 Å². The Hall–Kier alpha value is -0.820. The van der Waals surface area contributed by atoms with Gasteiger partial charge in [0.05, 0.1) is 38.8 Å². The smallest absolute Gasteiger partial charge is 0.777 e. The second kappa shape index (κ2) is 24.4. The summed E-state index contributed by atoms with van der Waals surface area (Å²) in [6.07, 6.45) is 20.7. The zero-order valence-electron chi connectivity index (χ0n) is 26.5. The Bertz CT molecular complexity index is 1090. The average Bonchev–Trinajstić information content (AvgIpc) is 3.36. The van der Waals surface area contributed by atoms with Gasteiger partial charge < -0.3 is 38.9 Å². The Morgan fingerprint density at radius 3 is 2.07 bits per heavy atom. The molecule has 0 saturated heterocycles. The number of rotatable bonds is 27. The van der Waals surface area contributed by atoms with Gasteiger partial charge in [-0.3, -0.25) is 9.78 Å². The summed E-state index contributed by atoms with van der Waals surface area (Å²) in [7, 11) is -4.29. The Balaban J connectivity index is 0.00000924. The third kappa shape index (κ3) is 18.0. The predicted molar refractivity (Wildman–Crippen MR) is 163 cm³/mol. The number of aromatic nitrogens is 4. The molecule has 0 bridgehead atoms. The fourth-order valence-electron chi connectivity index (χ4n) is 4.81. The van der Waals surface area contributed by atoms with E-state index in [-0.39, 0.29) is 66.4 Å². The maximum Gasteiger partial charge on any atom is 1.00 e. The number of hydrogen-bond acceptors (Lipinski definition) is 10. The first kappa shape index (κ1) is 40.2. The van der Waals surface area contributed by atoms with Crippen molar-refractivity contribution in [3.05, 3.63) is 16.7 Å². The van der Waals surface area contributed by atoms with Crippen molar-refractivity contribution in [1.29, 1.82) is 0 Å². The van der Waals surface area contributed by atoms with E-state index in [1.807, 2.05) is 0 Å². The van der Waals surface area contributed by atoms with Crippen LogP contribution in [0.1, 0.15) is 110 Å². The number of nitrogens with two attached hydrogens (primary N) is 1. The molecule has 0 aliphatic carbocycles. The van der Waals surface area contributed by atoms with Crippen molar-refractivity contribution in [2.75, 3.05) is 38.5 Å². The molecule has 0 fully saturated rings. The Morgan fingerprint density at radius 1 is 0.953 bits per heavy atom. The van der Waals surface area contributed by atoms with Gasteiger partial charge in [0.1, 0.15) is 6.35 Å². The molecule has 0 spiro atoms. The third-order valence-electron chi connectivity index (χ3n) is 7.22. The number of aliphatic hydroxyl groups excluding tert-OH is 1. The average molecular weight is 638 g/mol. The van der Waals surface area contributed by atoms with E-state index in [9.17, 15) is 19.4 Å². The van der Waals surface area contributed by atoms with Crippen LogP contribution >= 0.6 is 7.60 Å². The van der Waals surface area contributed by atoms with Crippen molar-refractivity contribution in [3.8, 4) is 0 Å². The number of unbranched alkanes of at least 4 members (excludes halogenated alkanes) is 15. The molecular formula is C29H53N5NaO7P. The Kier molecular flexibility index (Phi) is 22.8. The van der Waals surface area contributed by atoms with Crippen LogP contribution in [-0.4, -0.2) is 63.5 Å². The van der Waals surface area contributed by atoms with Gasteiger partial charge in [-0.2, -0.15) is 4.98 Å². The molecule has 2 atom stereocenters. The maximum atomic E-state index is 12.2. The molecule has 0 amide bonds.